The van der Waals surface area contributed by atoms with Gasteiger partial charge < -0.3 is 10.4 Å². The summed E-state index contributed by atoms with van der Waals surface area (Å²) in [5, 5.41) is 11.6. The van der Waals surface area contributed by atoms with Crippen molar-refractivity contribution in [1.82, 2.24) is 0 Å². The van der Waals surface area contributed by atoms with Gasteiger partial charge in [-0.1, -0.05) is 31.3 Å². The number of hydrogen-bond donors (Lipinski definition) is 2. The quantitative estimate of drug-likeness (QED) is 0.799. The van der Waals surface area contributed by atoms with Crippen molar-refractivity contribution in [2.24, 2.45) is 0 Å². The third-order valence-electron chi connectivity index (χ3n) is 2.74. The molecule has 0 unspecified atom stereocenters. The van der Waals surface area contributed by atoms with Crippen LogP contribution in [0.3, 0.4) is 0 Å². The van der Waals surface area contributed by atoms with Crippen LogP contribution in [0.25, 0.3) is 0 Å². The number of amides is 1. The van der Waals surface area contributed by atoms with Crippen molar-refractivity contribution in [2.75, 3.05) is 11.9 Å². The summed E-state index contributed by atoms with van der Waals surface area (Å²) in [6, 6.07) is 5.74. The fraction of sp³-hybridized carbons (Fsp3) is 0.438. The molecule has 0 spiro atoms. The topological polar surface area (TPSA) is 49.3 Å². The molecule has 2 N–H and O–H groups in total. The Hall–Kier alpha value is -1.79. The lowest BCUT2D eigenvalue weighted by Crippen LogP contribution is -2.12. The smallest absolute Gasteiger partial charge is 0.224 e. The van der Waals surface area contributed by atoms with E-state index in [9.17, 15) is 4.79 Å². The first kappa shape index (κ1) is 15.3. The number of nitrogens with one attached hydrogen (secondary N) is 1. The van der Waals surface area contributed by atoms with Crippen LogP contribution in [-0.2, 0) is 4.79 Å². The van der Waals surface area contributed by atoms with Crippen LogP contribution in [0.15, 0.2) is 18.2 Å². The van der Waals surface area contributed by atoms with Gasteiger partial charge in [-0.25, -0.2) is 0 Å². The molecule has 0 atom stereocenters. The van der Waals surface area contributed by atoms with E-state index in [0.717, 1.165) is 29.7 Å². The molecule has 0 aliphatic rings. The molecular formula is C16H21NO2. The molecule has 0 saturated carbocycles. The molecule has 102 valence electrons. The maximum Gasteiger partial charge on any atom is 0.224 e. The van der Waals surface area contributed by atoms with Crippen molar-refractivity contribution < 1.29 is 9.90 Å². The number of aryl methyl sites for hydroxylation is 1. The normalized spacial score (nSPS) is 9.63. The lowest BCUT2D eigenvalue weighted by Gasteiger charge is -2.08. The molecule has 0 saturated heterocycles. The van der Waals surface area contributed by atoms with Crippen molar-refractivity contribution in [3.05, 3.63) is 29.3 Å². The molecule has 3 nitrogen and oxygen atoms in total. The highest BCUT2D eigenvalue weighted by atomic mass is 16.2. The van der Waals surface area contributed by atoms with Gasteiger partial charge in [0.15, 0.2) is 0 Å². The number of unbranched alkanes of at least 4 members (excludes halogenated alkanes) is 1. The van der Waals surface area contributed by atoms with E-state index in [2.05, 4.69) is 24.1 Å². The van der Waals surface area contributed by atoms with Crippen LogP contribution in [0.4, 0.5) is 5.69 Å². The summed E-state index contributed by atoms with van der Waals surface area (Å²) in [7, 11) is 0. The van der Waals surface area contributed by atoms with Crippen LogP contribution in [0.5, 0.6) is 0 Å². The fourth-order valence-corrected chi connectivity index (χ4v) is 1.60. The summed E-state index contributed by atoms with van der Waals surface area (Å²) >= 11 is 0. The zero-order valence-electron chi connectivity index (χ0n) is 11.6. The largest absolute Gasteiger partial charge is 0.395 e. The van der Waals surface area contributed by atoms with Crippen molar-refractivity contribution in [1.29, 1.82) is 0 Å². The van der Waals surface area contributed by atoms with Gasteiger partial charge in [-0.3, -0.25) is 4.79 Å². The van der Waals surface area contributed by atoms with Crippen LogP contribution in [0.2, 0.25) is 0 Å². The van der Waals surface area contributed by atoms with E-state index in [1.807, 2.05) is 25.1 Å². The average Bonchev–Trinajstić information content (AvgIpc) is 2.40. The Morgan fingerprint density at radius 1 is 1.42 bits per heavy atom. The predicted molar refractivity (Wildman–Crippen MR) is 77.9 cm³/mol. The predicted octanol–water partition coefficient (Wildman–Crippen LogP) is 2.86. The lowest BCUT2D eigenvalue weighted by atomic mass is 10.1. The van der Waals surface area contributed by atoms with E-state index in [4.69, 9.17) is 5.11 Å². The summed E-state index contributed by atoms with van der Waals surface area (Å²) in [6.45, 7) is 4.09. The Bertz CT molecular complexity index is 483. The number of carbonyl (C=O) groups excluding carboxylic acids is 1. The second kappa shape index (κ2) is 8.34. The Morgan fingerprint density at radius 3 is 2.89 bits per heavy atom. The molecule has 0 aromatic heterocycles. The van der Waals surface area contributed by atoms with Crippen molar-refractivity contribution in [3.8, 4) is 11.8 Å². The Labute approximate surface area is 115 Å². The van der Waals surface area contributed by atoms with E-state index >= 15 is 0 Å². The summed E-state index contributed by atoms with van der Waals surface area (Å²) in [4.78, 5) is 11.7. The van der Waals surface area contributed by atoms with Gasteiger partial charge in [0.05, 0.1) is 6.61 Å². The average molecular weight is 259 g/mol. The highest BCUT2D eigenvalue weighted by Crippen LogP contribution is 2.17. The molecule has 0 aliphatic heterocycles. The third kappa shape index (κ3) is 5.58. The fourth-order valence-electron chi connectivity index (χ4n) is 1.60. The van der Waals surface area contributed by atoms with E-state index in [1.165, 1.54) is 0 Å². The van der Waals surface area contributed by atoms with Crippen LogP contribution >= 0.6 is 0 Å². The minimum absolute atomic E-state index is 0.0467. The Morgan fingerprint density at radius 2 is 2.21 bits per heavy atom. The number of anilines is 1. The van der Waals surface area contributed by atoms with Gasteiger partial charge in [0, 0.05) is 24.1 Å². The molecule has 0 aliphatic carbocycles. The highest BCUT2D eigenvalue weighted by Gasteiger charge is 2.04. The van der Waals surface area contributed by atoms with Crippen LogP contribution in [-0.4, -0.2) is 17.6 Å². The maximum atomic E-state index is 11.7. The molecule has 0 radical (unpaired) electrons. The molecule has 1 aromatic rings. The first-order valence-corrected chi connectivity index (χ1v) is 6.67. The Kier molecular flexibility index (Phi) is 6.70. The number of rotatable bonds is 5. The van der Waals surface area contributed by atoms with Crippen LogP contribution < -0.4 is 5.32 Å². The standard InChI is InChI=1S/C16H21NO2/c1-3-4-8-16(19)17-15-12-14(7-5-6-11-18)10-9-13(15)2/h9-10,12,18H,3-4,6,8,11H2,1-2H3,(H,17,19). The van der Waals surface area contributed by atoms with Crippen molar-refractivity contribution in [3.63, 3.8) is 0 Å². The molecule has 0 bridgehead atoms. The molecular weight excluding hydrogens is 238 g/mol. The van der Waals surface area contributed by atoms with Crippen molar-refractivity contribution in [2.45, 2.75) is 39.5 Å². The maximum absolute atomic E-state index is 11.7. The first-order valence-electron chi connectivity index (χ1n) is 6.67. The van der Waals surface area contributed by atoms with E-state index in [-0.39, 0.29) is 12.5 Å². The lowest BCUT2D eigenvalue weighted by molar-refractivity contribution is -0.116. The SMILES string of the molecule is CCCCC(=O)Nc1cc(C#CCCO)ccc1C. The van der Waals surface area contributed by atoms with Gasteiger partial charge in [0.25, 0.3) is 0 Å². The number of aliphatic hydroxyl groups excluding tert-OH is 1. The van der Waals surface area contributed by atoms with E-state index in [0.29, 0.717) is 12.8 Å². The molecule has 1 aromatic carbocycles. The van der Waals surface area contributed by atoms with Crippen molar-refractivity contribution >= 4 is 11.6 Å². The van der Waals surface area contributed by atoms with Gasteiger partial charge >= 0.3 is 0 Å². The van der Waals surface area contributed by atoms with Crippen LogP contribution in [0.1, 0.15) is 43.7 Å². The number of benzene rings is 1. The molecule has 1 rings (SSSR count). The number of aliphatic hydroxyl groups is 1. The van der Waals surface area contributed by atoms with E-state index < -0.39 is 0 Å². The van der Waals surface area contributed by atoms with Gasteiger partial charge in [-0.15, -0.1) is 0 Å². The summed E-state index contributed by atoms with van der Waals surface area (Å²) in [5.41, 5.74) is 2.69. The van der Waals surface area contributed by atoms with Gasteiger partial charge in [-0.05, 0) is 31.0 Å². The second-order valence-corrected chi connectivity index (χ2v) is 4.46. The first-order chi connectivity index (χ1) is 9.17. The van der Waals surface area contributed by atoms with Gasteiger partial charge in [0.1, 0.15) is 0 Å². The van der Waals surface area contributed by atoms with Crippen LogP contribution in [0, 0.1) is 18.8 Å². The molecule has 0 fully saturated rings. The summed E-state index contributed by atoms with van der Waals surface area (Å²) in [5.74, 6) is 5.89. The summed E-state index contributed by atoms with van der Waals surface area (Å²) < 4.78 is 0. The zero-order chi connectivity index (χ0) is 14.1. The molecule has 19 heavy (non-hydrogen) atoms. The third-order valence-corrected chi connectivity index (χ3v) is 2.74. The molecule has 1 amide bonds. The van der Waals surface area contributed by atoms with Gasteiger partial charge in [-0.2, -0.15) is 0 Å². The number of hydrogen-bond acceptors (Lipinski definition) is 2. The number of carbonyl (C=O) groups is 1. The minimum atomic E-state index is 0.0467. The monoisotopic (exact) mass is 259 g/mol. The Balaban J connectivity index is 2.75. The zero-order valence-corrected chi connectivity index (χ0v) is 11.6. The highest BCUT2D eigenvalue weighted by molar-refractivity contribution is 5.91. The van der Waals surface area contributed by atoms with Gasteiger partial charge in [0.2, 0.25) is 5.91 Å². The molecule has 0 heterocycles. The summed E-state index contributed by atoms with van der Waals surface area (Å²) in [6.07, 6.45) is 2.93. The molecule has 3 heteroatoms. The second-order valence-electron chi connectivity index (χ2n) is 4.46. The minimum Gasteiger partial charge on any atom is -0.395 e. The van der Waals surface area contributed by atoms with E-state index in [1.54, 1.807) is 0 Å².